The molecular weight excluding hydrogens is 455 g/mol. The van der Waals surface area contributed by atoms with Gasteiger partial charge in [0.25, 0.3) is 0 Å². The molecule has 1 rings (SSSR count). The lowest BCUT2D eigenvalue weighted by Gasteiger charge is -2.24. The van der Waals surface area contributed by atoms with Gasteiger partial charge < -0.3 is 15.2 Å². The van der Waals surface area contributed by atoms with Gasteiger partial charge in [0.15, 0.2) is 15.8 Å². The number of guanidine groups is 1. The molecule has 0 bridgehead atoms. The molecule has 146 valence electrons. The number of nitrogens with one attached hydrogen (secondary N) is 2. The van der Waals surface area contributed by atoms with E-state index in [4.69, 9.17) is 4.52 Å². The Morgan fingerprint density at radius 3 is 2.32 bits per heavy atom. The van der Waals surface area contributed by atoms with Gasteiger partial charge in [-0.15, -0.1) is 24.0 Å². The first-order chi connectivity index (χ1) is 11.2. The van der Waals surface area contributed by atoms with Crippen LogP contribution in [0.3, 0.4) is 0 Å². The molecule has 1 heterocycles. The van der Waals surface area contributed by atoms with Crippen molar-refractivity contribution in [1.29, 1.82) is 0 Å². The highest BCUT2D eigenvalue weighted by atomic mass is 127. The summed E-state index contributed by atoms with van der Waals surface area (Å²) < 4.78 is 28.1. The fourth-order valence-electron chi connectivity index (χ4n) is 2.04. The number of halogens is 1. The van der Waals surface area contributed by atoms with E-state index in [9.17, 15) is 8.42 Å². The monoisotopic (exact) mass is 486 g/mol. The van der Waals surface area contributed by atoms with Gasteiger partial charge >= 0.3 is 0 Å². The number of hydrogen-bond donors (Lipinski definition) is 2. The van der Waals surface area contributed by atoms with Crippen molar-refractivity contribution in [2.45, 2.75) is 58.8 Å². The maximum Gasteiger partial charge on any atom is 0.191 e. The summed E-state index contributed by atoms with van der Waals surface area (Å²) in [5.74, 6) is 1.43. The lowest BCUT2D eigenvalue weighted by molar-refractivity contribution is 0.380. The van der Waals surface area contributed by atoms with Gasteiger partial charge in [0.2, 0.25) is 0 Å². The second-order valence-corrected chi connectivity index (χ2v) is 8.97. The molecule has 1 aromatic heterocycles. The van der Waals surface area contributed by atoms with Crippen LogP contribution >= 0.6 is 24.0 Å². The Balaban J connectivity index is 0.00000576. The molecule has 2 N–H and O–H groups in total. The molecule has 7 nitrogen and oxygen atoms in total. The highest BCUT2D eigenvalue weighted by molar-refractivity contribution is 14.0. The van der Waals surface area contributed by atoms with E-state index in [-0.39, 0.29) is 30.5 Å². The van der Waals surface area contributed by atoms with Crippen LogP contribution in [-0.4, -0.2) is 43.6 Å². The standard InChI is InChI=1S/C16H30N4O3S.HI/c1-7-13-12(14(8-2)23-20-13)10-18-15(17-9-3)19-11-16(4,5)24(6,21)22;/h7-11H2,1-6H3,(H2,17,18,19);1H. The Bertz CT molecular complexity index is 647. The van der Waals surface area contributed by atoms with Gasteiger partial charge in [0, 0.05) is 31.3 Å². The molecule has 0 aliphatic heterocycles. The Hall–Kier alpha value is -0.840. The number of rotatable bonds is 8. The van der Waals surface area contributed by atoms with Crippen LogP contribution in [0.4, 0.5) is 0 Å². The third-order valence-electron chi connectivity index (χ3n) is 4.03. The fraction of sp³-hybridized carbons (Fsp3) is 0.750. The Morgan fingerprint density at radius 2 is 1.84 bits per heavy atom. The van der Waals surface area contributed by atoms with Crippen molar-refractivity contribution in [3.8, 4) is 0 Å². The molecule has 0 aliphatic rings. The molecule has 0 aromatic carbocycles. The quantitative estimate of drug-likeness (QED) is 0.333. The van der Waals surface area contributed by atoms with Crippen LogP contribution in [0, 0.1) is 0 Å². The summed E-state index contributed by atoms with van der Waals surface area (Å²) in [6.07, 6.45) is 2.80. The second kappa shape index (κ2) is 10.3. The van der Waals surface area contributed by atoms with Crippen LogP contribution < -0.4 is 10.6 Å². The Labute approximate surface area is 168 Å². The molecule has 9 heteroatoms. The van der Waals surface area contributed by atoms with Gasteiger partial charge in [0.1, 0.15) is 5.76 Å². The summed E-state index contributed by atoms with van der Waals surface area (Å²) in [5.41, 5.74) is 1.93. The topological polar surface area (TPSA) is 96.6 Å². The first kappa shape index (κ1) is 24.2. The predicted molar refractivity (Wildman–Crippen MR) is 112 cm³/mol. The maximum absolute atomic E-state index is 11.8. The van der Waals surface area contributed by atoms with Gasteiger partial charge in [-0.3, -0.25) is 0 Å². The summed E-state index contributed by atoms with van der Waals surface area (Å²) in [6.45, 7) is 10.8. The van der Waals surface area contributed by atoms with Gasteiger partial charge in [-0.2, -0.15) is 0 Å². The SMILES string of the molecule is CCNC(=NCc1c(CC)noc1CC)NCC(C)(C)S(C)(=O)=O.I. The maximum atomic E-state index is 11.8. The van der Waals surface area contributed by atoms with Gasteiger partial charge in [0.05, 0.1) is 17.0 Å². The summed E-state index contributed by atoms with van der Waals surface area (Å²) in [4.78, 5) is 4.56. The van der Waals surface area contributed by atoms with Crippen molar-refractivity contribution in [1.82, 2.24) is 15.8 Å². The van der Waals surface area contributed by atoms with Crippen molar-refractivity contribution < 1.29 is 12.9 Å². The summed E-state index contributed by atoms with van der Waals surface area (Å²) in [6, 6.07) is 0. The Kier molecular flexibility index (Phi) is 10.00. The average molecular weight is 486 g/mol. The largest absolute Gasteiger partial charge is 0.361 e. The lowest BCUT2D eigenvalue weighted by atomic mass is 10.1. The van der Waals surface area contributed by atoms with E-state index < -0.39 is 14.6 Å². The highest BCUT2D eigenvalue weighted by Crippen LogP contribution is 2.17. The number of aliphatic imine (C=N–C) groups is 1. The highest BCUT2D eigenvalue weighted by Gasteiger charge is 2.30. The van der Waals surface area contributed by atoms with Crippen LogP contribution in [0.1, 0.15) is 51.6 Å². The first-order valence-corrected chi connectivity index (χ1v) is 10.2. The van der Waals surface area contributed by atoms with Crippen molar-refractivity contribution in [2.75, 3.05) is 19.3 Å². The van der Waals surface area contributed by atoms with Crippen LogP contribution in [0.15, 0.2) is 9.52 Å². The molecule has 0 saturated carbocycles. The minimum absolute atomic E-state index is 0. The zero-order valence-corrected chi connectivity index (χ0v) is 19.1. The van der Waals surface area contributed by atoms with Crippen LogP contribution in [0.2, 0.25) is 0 Å². The lowest BCUT2D eigenvalue weighted by Crippen LogP contribution is -2.47. The van der Waals surface area contributed by atoms with E-state index in [1.54, 1.807) is 13.8 Å². The van der Waals surface area contributed by atoms with Crippen molar-refractivity contribution in [3.63, 3.8) is 0 Å². The van der Waals surface area contributed by atoms with Crippen LogP contribution in [-0.2, 0) is 29.2 Å². The smallest absolute Gasteiger partial charge is 0.191 e. The van der Waals surface area contributed by atoms with E-state index in [2.05, 4.69) is 20.8 Å². The summed E-state index contributed by atoms with van der Waals surface area (Å²) in [5, 5.41) is 10.3. The summed E-state index contributed by atoms with van der Waals surface area (Å²) in [7, 11) is -3.16. The fourth-order valence-corrected chi connectivity index (χ4v) is 2.38. The Morgan fingerprint density at radius 1 is 1.20 bits per heavy atom. The predicted octanol–water partition coefficient (Wildman–Crippen LogP) is 2.30. The number of aryl methyl sites for hydroxylation is 2. The van der Waals surface area contributed by atoms with Crippen molar-refractivity contribution in [3.05, 3.63) is 17.0 Å². The number of sulfone groups is 1. The minimum Gasteiger partial charge on any atom is -0.361 e. The van der Waals surface area contributed by atoms with E-state index >= 15 is 0 Å². The van der Waals surface area contributed by atoms with Crippen molar-refractivity contribution in [2.24, 2.45) is 4.99 Å². The molecule has 0 atom stereocenters. The zero-order chi connectivity index (χ0) is 18.4. The molecule has 0 fully saturated rings. The minimum atomic E-state index is -3.16. The van der Waals surface area contributed by atoms with Crippen molar-refractivity contribution >= 4 is 39.8 Å². The number of aromatic nitrogens is 1. The van der Waals surface area contributed by atoms with Crippen LogP contribution in [0.5, 0.6) is 0 Å². The molecule has 0 spiro atoms. The molecule has 0 saturated heterocycles. The summed E-state index contributed by atoms with van der Waals surface area (Å²) >= 11 is 0. The van der Waals surface area contributed by atoms with Gasteiger partial charge in [-0.1, -0.05) is 19.0 Å². The van der Waals surface area contributed by atoms with E-state index in [1.807, 2.05) is 20.8 Å². The third kappa shape index (κ3) is 6.76. The van der Waals surface area contributed by atoms with Crippen LogP contribution in [0.25, 0.3) is 0 Å². The molecule has 0 radical (unpaired) electrons. The van der Waals surface area contributed by atoms with Gasteiger partial charge in [-0.05, 0) is 27.2 Å². The number of hydrogen-bond acceptors (Lipinski definition) is 5. The third-order valence-corrected chi connectivity index (χ3v) is 6.18. The molecule has 25 heavy (non-hydrogen) atoms. The van der Waals surface area contributed by atoms with E-state index in [0.29, 0.717) is 19.0 Å². The zero-order valence-electron chi connectivity index (χ0n) is 16.0. The molecule has 0 amide bonds. The number of nitrogens with zero attached hydrogens (tertiary/aromatic N) is 2. The van der Waals surface area contributed by atoms with Gasteiger partial charge in [-0.25, -0.2) is 13.4 Å². The average Bonchev–Trinajstić information content (AvgIpc) is 2.90. The first-order valence-electron chi connectivity index (χ1n) is 8.34. The molecule has 0 aliphatic carbocycles. The normalized spacial score (nSPS) is 12.6. The molecular formula is C16H31IN4O3S. The molecule has 1 aromatic rings. The second-order valence-electron chi connectivity index (χ2n) is 6.32. The van der Waals surface area contributed by atoms with E-state index in [1.165, 1.54) is 6.26 Å². The molecule has 0 unspecified atom stereocenters. The van der Waals surface area contributed by atoms with E-state index in [0.717, 1.165) is 29.9 Å².